The lowest BCUT2D eigenvalue weighted by molar-refractivity contribution is -0.159. The molecule has 0 saturated carbocycles. The van der Waals surface area contributed by atoms with Gasteiger partial charge < -0.3 is 14.3 Å². The molecule has 5 rings (SSSR count). The van der Waals surface area contributed by atoms with Crippen molar-refractivity contribution in [3.63, 3.8) is 0 Å². The number of nitrogens with zero attached hydrogens (tertiary/aromatic N) is 6. The molecule has 0 atom stereocenters. The number of anilines is 1. The summed E-state index contributed by atoms with van der Waals surface area (Å²) in [6, 6.07) is 10.9. The molecule has 0 radical (unpaired) electrons. The minimum Gasteiger partial charge on any atom is -0.353 e. The molecule has 3 aromatic heterocycles. The van der Waals surface area contributed by atoms with Crippen molar-refractivity contribution in [1.29, 1.82) is 0 Å². The van der Waals surface area contributed by atoms with Crippen LogP contribution in [0.25, 0.3) is 21.6 Å². The number of thiazole rings is 1. The Labute approximate surface area is 183 Å². The van der Waals surface area contributed by atoms with Gasteiger partial charge in [-0.25, -0.2) is 9.97 Å². The van der Waals surface area contributed by atoms with Crippen LogP contribution in [0.1, 0.15) is 15.7 Å². The number of hydrogen-bond acceptors (Lipinski definition) is 8. The van der Waals surface area contributed by atoms with Crippen LogP contribution >= 0.6 is 11.3 Å². The molecule has 8 nitrogen and oxygen atoms in total. The topological polar surface area (TPSA) is 88.3 Å². The molecule has 1 aliphatic heterocycles. The summed E-state index contributed by atoms with van der Waals surface area (Å²) in [6.45, 7) is 2.17. The van der Waals surface area contributed by atoms with Gasteiger partial charge in [-0.1, -0.05) is 17.3 Å². The Bertz CT molecular complexity index is 1230. The van der Waals surface area contributed by atoms with E-state index in [4.69, 9.17) is 0 Å². The summed E-state index contributed by atoms with van der Waals surface area (Å²) >= 11 is 1.38. The van der Waals surface area contributed by atoms with Crippen LogP contribution in [0, 0.1) is 0 Å². The van der Waals surface area contributed by atoms with Crippen molar-refractivity contribution in [2.75, 3.05) is 31.1 Å². The van der Waals surface area contributed by atoms with Crippen LogP contribution < -0.4 is 4.90 Å². The second-order valence-corrected chi connectivity index (χ2v) is 8.12. The van der Waals surface area contributed by atoms with Crippen LogP contribution in [-0.4, -0.2) is 57.1 Å². The SMILES string of the molecule is O=C(c1nc2ccccc2s1)N1CCN(c2ccc(-c3noc(C(F)(F)F)n3)cn2)CC1. The largest absolute Gasteiger partial charge is 0.471 e. The third kappa shape index (κ3) is 3.88. The molecule has 4 aromatic rings. The van der Waals surface area contributed by atoms with Crippen molar-refractivity contribution in [3.05, 3.63) is 53.5 Å². The fourth-order valence-corrected chi connectivity index (χ4v) is 4.33. The Morgan fingerprint density at radius 1 is 1.03 bits per heavy atom. The molecule has 0 spiro atoms. The molecular weight excluding hydrogens is 445 g/mol. The normalized spacial score (nSPS) is 14.8. The number of hydrogen-bond donors (Lipinski definition) is 0. The van der Waals surface area contributed by atoms with Crippen molar-refractivity contribution >= 4 is 33.3 Å². The number of benzene rings is 1. The van der Waals surface area contributed by atoms with Gasteiger partial charge in [0.2, 0.25) is 5.82 Å². The van der Waals surface area contributed by atoms with Crippen molar-refractivity contribution in [1.82, 2.24) is 25.0 Å². The zero-order valence-corrected chi connectivity index (χ0v) is 17.2. The van der Waals surface area contributed by atoms with Gasteiger partial charge in [-0.15, -0.1) is 11.3 Å². The minimum atomic E-state index is -4.69. The number of rotatable bonds is 3. The summed E-state index contributed by atoms with van der Waals surface area (Å²) < 4.78 is 43.1. The number of pyridine rings is 1. The first-order valence-corrected chi connectivity index (χ1v) is 10.5. The molecule has 32 heavy (non-hydrogen) atoms. The van der Waals surface area contributed by atoms with Crippen LogP contribution in [0.5, 0.6) is 0 Å². The molecule has 164 valence electrons. The third-order valence-corrected chi connectivity index (χ3v) is 6.07. The van der Waals surface area contributed by atoms with Gasteiger partial charge in [-0.2, -0.15) is 18.2 Å². The van der Waals surface area contributed by atoms with E-state index in [1.165, 1.54) is 17.5 Å². The number of amides is 1. The smallest absolute Gasteiger partial charge is 0.353 e. The number of piperazine rings is 1. The Morgan fingerprint density at radius 3 is 2.47 bits per heavy atom. The Hall–Kier alpha value is -3.54. The van der Waals surface area contributed by atoms with Crippen LogP contribution in [0.3, 0.4) is 0 Å². The van der Waals surface area contributed by atoms with Crippen LogP contribution in [-0.2, 0) is 6.18 Å². The molecule has 12 heteroatoms. The maximum atomic E-state index is 12.8. The number of aromatic nitrogens is 4. The van der Waals surface area contributed by atoms with Gasteiger partial charge in [0.25, 0.3) is 5.91 Å². The maximum absolute atomic E-state index is 12.8. The van der Waals surface area contributed by atoms with Crippen LogP contribution in [0.2, 0.25) is 0 Å². The molecule has 0 N–H and O–H groups in total. The van der Waals surface area contributed by atoms with Gasteiger partial charge in [0.05, 0.1) is 10.2 Å². The first-order chi connectivity index (χ1) is 15.4. The number of para-hydroxylation sites is 1. The molecular formula is C20H15F3N6O2S. The summed E-state index contributed by atoms with van der Waals surface area (Å²) in [6.07, 6.45) is -3.29. The average Bonchev–Trinajstić information content (AvgIpc) is 3.46. The van der Waals surface area contributed by atoms with Crippen molar-refractivity contribution in [2.24, 2.45) is 0 Å². The molecule has 1 amide bonds. The maximum Gasteiger partial charge on any atom is 0.471 e. The fraction of sp³-hybridized carbons (Fsp3) is 0.250. The molecule has 1 fully saturated rings. The Balaban J connectivity index is 1.23. The first-order valence-electron chi connectivity index (χ1n) is 9.65. The molecule has 0 aliphatic carbocycles. The molecule has 0 unspecified atom stereocenters. The van der Waals surface area contributed by atoms with Gasteiger partial charge in [-0.05, 0) is 24.3 Å². The quantitative estimate of drug-likeness (QED) is 0.460. The van der Waals surface area contributed by atoms with Crippen LogP contribution in [0.4, 0.5) is 19.0 Å². The van der Waals surface area contributed by atoms with E-state index in [0.717, 1.165) is 10.2 Å². The lowest BCUT2D eigenvalue weighted by atomic mass is 10.2. The van der Waals surface area contributed by atoms with Gasteiger partial charge in [0.1, 0.15) is 5.82 Å². The highest BCUT2D eigenvalue weighted by atomic mass is 32.1. The minimum absolute atomic E-state index is 0.0910. The lowest BCUT2D eigenvalue weighted by Crippen LogP contribution is -2.49. The zero-order chi connectivity index (χ0) is 22.3. The Kier molecular flexibility index (Phi) is 5.00. The molecule has 4 heterocycles. The predicted molar refractivity (Wildman–Crippen MR) is 110 cm³/mol. The molecule has 1 aromatic carbocycles. The highest BCUT2D eigenvalue weighted by Gasteiger charge is 2.38. The third-order valence-electron chi connectivity index (χ3n) is 5.04. The summed E-state index contributed by atoms with van der Waals surface area (Å²) in [5.74, 6) is -1.01. The lowest BCUT2D eigenvalue weighted by Gasteiger charge is -2.35. The van der Waals surface area contributed by atoms with Gasteiger partial charge in [-0.3, -0.25) is 4.79 Å². The number of fused-ring (bicyclic) bond motifs is 1. The van der Waals surface area contributed by atoms with E-state index in [1.54, 1.807) is 17.0 Å². The van der Waals surface area contributed by atoms with Crippen molar-refractivity contribution in [2.45, 2.75) is 6.18 Å². The highest BCUT2D eigenvalue weighted by molar-refractivity contribution is 7.20. The van der Waals surface area contributed by atoms with Gasteiger partial charge >= 0.3 is 12.1 Å². The monoisotopic (exact) mass is 460 g/mol. The number of carbonyl (C=O) groups excluding carboxylic acids is 1. The summed E-state index contributed by atoms with van der Waals surface area (Å²) in [7, 11) is 0. The number of halogens is 3. The second kappa shape index (κ2) is 7.86. The second-order valence-electron chi connectivity index (χ2n) is 7.09. The van der Waals surface area contributed by atoms with Crippen molar-refractivity contribution in [3.8, 4) is 11.4 Å². The van der Waals surface area contributed by atoms with E-state index in [9.17, 15) is 18.0 Å². The summed E-state index contributed by atoms with van der Waals surface area (Å²) in [4.78, 5) is 28.7. The fourth-order valence-electron chi connectivity index (χ4n) is 3.40. The van der Waals surface area contributed by atoms with E-state index in [-0.39, 0.29) is 11.7 Å². The predicted octanol–water partition coefficient (Wildman–Crippen LogP) is 3.72. The first kappa shape index (κ1) is 20.4. The molecule has 1 saturated heterocycles. The number of carbonyl (C=O) groups is 1. The Morgan fingerprint density at radius 2 is 1.81 bits per heavy atom. The van der Waals surface area contributed by atoms with E-state index in [1.807, 2.05) is 29.2 Å². The zero-order valence-electron chi connectivity index (χ0n) is 16.4. The van der Waals surface area contributed by atoms with E-state index in [0.29, 0.717) is 42.6 Å². The van der Waals surface area contributed by atoms with Gasteiger partial charge in [0.15, 0.2) is 5.01 Å². The highest BCUT2D eigenvalue weighted by Crippen LogP contribution is 2.29. The summed E-state index contributed by atoms with van der Waals surface area (Å²) in [5.41, 5.74) is 1.13. The number of alkyl halides is 3. The van der Waals surface area contributed by atoms with Gasteiger partial charge in [0, 0.05) is 37.9 Å². The standard InChI is InChI=1S/C20H15F3N6O2S/c21-20(22,23)19-26-16(27-31-19)12-5-6-15(24-11-12)28-7-9-29(10-8-28)18(30)17-25-13-3-1-2-4-14(13)32-17/h1-6,11H,7-10H2. The van der Waals surface area contributed by atoms with Crippen molar-refractivity contribution < 1.29 is 22.5 Å². The van der Waals surface area contributed by atoms with E-state index in [2.05, 4.69) is 24.6 Å². The van der Waals surface area contributed by atoms with E-state index < -0.39 is 12.1 Å². The summed E-state index contributed by atoms with van der Waals surface area (Å²) in [5, 5.41) is 3.83. The molecule has 1 aliphatic rings. The van der Waals surface area contributed by atoms with E-state index >= 15 is 0 Å². The van der Waals surface area contributed by atoms with Crippen LogP contribution in [0.15, 0.2) is 47.1 Å². The average molecular weight is 460 g/mol. The molecule has 0 bridgehead atoms.